The molecule has 5 nitrogen and oxygen atoms in total. The van der Waals surface area contributed by atoms with Gasteiger partial charge in [0, 0.05) is 19.7 Å². The van der Waals surface area contributed by atoms with E-state index < -0.39 is 5.63 Å². The number of amides is 1. The smallest absolute Gasteiger partial charge is 0.337 e. The second-order valence-corrected chi connectivity index (χ2v) is 6.91. The molecule has 1 aliphatic rings. The van der Waals surface area contributed by atoms with Crippen molar-refractivity contribution in [1.82, 2.24) is 5.32 Å². The highest BCUT2D eigenvalue weighted by Gasteiger charge is 2.20. The van der Waals surface area contributed by atoms with Crippen LogP contribution < -0.4 is 15.8 Å². The van der Waals surface area contributed by atoms with Crippen molar-refractivity contribution in [2.24, 2.45) is 5.92 Å². The number of aryl methyl sites for hydroxylation is 1. The normalized spacial score (nSPS) is 12.3. The quantitative estimate of drug-likeness (QED) is 0.633. The molecule has 1 N–H and O–H groups in total. The molecule has 1 fully saturated rings. The van der Waals surface area contributed by atoms with Crippen LogP contribution in [0.4, 0.5) is 5.88 Å². The van der Waals surface area contributed by atoms with Crippen molar-refractivity contribution in [3.05, 3.63) is 40.4 Å². The Bertz CT molecular complexity index is 617. The van der Waals surface area contributed by atoms with Crippen LogP contribution in [-0.4, -0.2) is 19.5 Å². The Morgan fingerprint density at radius 2 is 1.76 bits per heavy atom. The maximum Gasteiger partial charge on any atom is 0.337 e. The van der Waals surface area contributed by atoms with E-state index in [1.54, 1.807) is 11.9 Å². The van der Waals surface area contributed by atoms with Crippen LogP contribution in [0.15, 0.2) is 28.1 Å². The summed E-state index contributed by atoms with van der Waals surface area (Å²) < 4.78 is 5.15. The third kappa shape index (κ3) is 11.5. The molecular formula is C24H44N2O3. The minimum atomic E-state index is -0.447. The van der Waals surface area contributed by atoms with E-state index in [1.165, 1.54) is 44.4 Å². The van der Waals surface area contributed by atoms with Crippen molar-refractivity contribution < 1.29 is 9.21 Å². The van der Waals surface area contributed by atoms with Crippen LogP contribution in [0.3, 0.4) is 0 Å². The molecule has 0 spiro atoms. The summed E-state index contributed by atoms with van der Waals surface area (Å²) in [6.07, 6.45) is 9.08. The third-order valence-electron chi connectivity index (χ3n) is 4.33. The molecule has 0 aromatic carbocycles. The Kier molecular flexibility index (Phi) is 18.1. The number of nitrogens with zero attached hydrogens (tertiary/aromatic N) is 1. The molecule has 1 aromatic rings. The zero-order chi connectivity index (χ0) is 22.8. The number of hydrogen-bond acceptors (Lipinski definition) is 4. The summed E-state index contributed by atoms with van der Waals surface area (Å²) >= 11 is 0. The highest BCUT2D eigenvalue weighted by atomic mass is 16.4. The van der Waals surface area contributed by atoms with Gasteiger partial charge in [-0.2, -0.15) is 0 Å². The summed E-state index contributed by atoms with van der Waals surface area (Å²) in [4.78, 5) is 25.2. The SMILES string of the molecule is C=CNC(=O)c1c(CC)cc(=O)oc1N(C)CC.CC.CC1CCCC1.CCC. The van der Waals surface area contributed by atoms with Crippen LogP contribution in [0, 0.1) is 5.92 Å². The highest BCUT2D eigenvalue weighted by Crippen LogP contribution is 2.23. The molecule has 1 heterocycles. The van der Waals surface area contributed by atoms with Gasteiger partial charge >= 0.3 is 5.63 Å². The second-order valence-electron chi connectivity index (χ2n) is 6.91. The molecule has 0 atom stereocenters. The number of carbonyl (C=O) groups is 1. The van der Waals surface area contributed by atoms with Crippen LogP contribution in [0.25, 0.3) is 0 Å². The first-order valence-corrected chi connectivity index (χ1v) is 11.2. The van der Waals surface area contributed by atoms with Gasteiger partial charge in [-0.15, -0.1) is 0 Å². The van der Waals surface area contributed by atoms with E-state index in [4.69, 9.17) is 4.42 Å². The molecule has 5 heteroatoms. The van der Waals surface area contributed by atoms with E-state index in [-0.39, 0.29) is 5.91 Å². The summed E-state index contributed by atoms with van der Waals surface area (Å²) in [6, 6.07) is 1.35. The molecular weight excluding hydrogens is 364 g/mol. The third-order valence-corrected chi connectivity index (χ3v) is 4.33. The Morgan fingerprint density at radius 3 is 2.10 bits per heavy atom. The first-order valence-electron chi connectivity index (χ1n) is 11.2. The van der Waals surface area contributed by atoms with Crippen LogP contribution in [0.2, 0.25) is 0 Å². The lowest BCUT2D eigenvalue weighted by atomic mass is 10.1. The van der Waals surface area contributed by atoms with Gasteiger partial charge in [0.1, 0.15) is 5.56 Å². The summed E-state index contributed by atoms with van der Waals surface area (Å²) in [6.45, 7) is 18.5. The first-order chi connectivity index (χ1) is 13.9. The van der Waals surface area contributed by atoms with Gasteiger partial charge in [-0.3, -0.25) is 4.79 Å². The Hall–Kier alpha value is -2.04. The summed E-state index contributed by atoms with van der Waals surface area (Å²) in [7, 11) is 1.77. The van der Waals surface area contributed by atoms with Crippen LogP contribution >= 0.6 is 0 Å². The lowest BCUT2D eigenvalue weighted by Gasteiger charge is -2.19. The molecule has 0 saturated heterocycles. The second kappa shape index (κ2) is 18.0. The highest BCUT2D eigenvalue weighted by molar-refractivity contribution is 6.00. The Labute approximate surface area is 178 Å². The summed E-state index contributed by atoms with van der Waals surface area (Å²) in [5.74, 6) is 1.02. The number of hydrogen-bond donors (Lipinski definition) is 1. The van der Waals surface area contributed by atoms with Gasteiger partial charge in [-0.1, -0.05) is 80.2 Å². The van der Waals surface area contributed by atoms with Gasteiger partial charge in [0.2, 0.25) is 5.88 Å². The molecule has 0 radical (unpaired) electrons. The average Bonchev–Trinajstić information content (AvgIpc) is 3.20. The predicted octanol–water partition coefficient (Wildman–Crippen LogP) is 6.17. The largest absolute Gasteiger partial charge is 0.406 e. The predicted molar refractivity (Wildman–Crippen MR) is 126 cm³/mol. The number of nitrogens with one attached hydrogen (secondary N) is 1. The monoisotopic (exact) mass is 408 g/mol. The number of rotatable bonds is 5. The maximum atomic E-state index is 12.0. The van der Waals surface area contributed by atoms with Gasteiger partial charge in [-0.05, 0) is 31.0 Å². The molecule has 1 aromatic heterocycles. The minimum Gasteiger partial charge on any atom is -0.406 e. The van der Waals surface area contributed by atoms with Crippen molar-refractivity contribution in [3.8, 4) is 0 Å². The molecule has 0 unspecified atom stereocenters. The molecule has 0 aliphatic heterocycles. The minimum absolute atomic E-state index is 0.293. The number of carbonyl (C=O) groups excluding carboxylic acids is 1. The fraction of sp³-hybridized carbons (Fsp3) is 0.667. The Balaban J connectivity index is 0. The lowest BCUT2D eigenvalue weighted by Crippen LogP contribution is -2.26. The van der Waals surface area contributed by atoms with Gasteiger partial charge in [-0.25, -0.2) is 4.79 Å². The van der Waals surface area contributed by atoms with Crippen molar-refractivity contribution in [2.45, 2.75) is 87.0 Å². The van der Waals surface area contributed by atoms with E-state index in [9.17, 15) is 9.59 Å². The maximum absolute atomic E-state index is 12.0. The standard InChI is InChI=1S/C13H18N2O3.C6H12.C3H8.C2H6/c1-5-9-8-10(16)18-13(15(4)7-3)11(9)12(17)14-6-2;1-6-4-2-3-5-6;1-3-2;1-2/h6,8H,2,5,7H2,1,3-4H3,(H,14,17);6H,2-5H2,1H3;3H2,1-2H3;1-2H3. The van der Waals surface area contributed by atoms with Crippen LogP contribution in [0.5, 0.6) is 0 Å². The van der Waals surface area contributed by atoms with Gasteiger partial charge in [0.05, 0.1) is 0 Å². The van der Waals surface area contributed by atoms with Crippen molar-refractivity contribution in [1.29, 1.82) is 0 Å². The van der Waals surface area contributed by atoms with E-state index in [0.29, 0.717) is 30.0 Å². The fourth-order valence-electron chi connectivity index (χ4n) is 2.76. The fourth-order valence-corrected chi connectivity index (χ4v) is 2.76. The van der Waals surface area contributed by atoms with Crippen molar-refractivity contribution >= 4 is 11.8 Å². The topological polar surface area (TPSA) is 62.6 Å². The molecule has 2 rings (SSSR count). The van der Waals surface area contributed by atoms with Crippen molar-refractivity contribution in [2.75, 3.05) is 18.5 Å². The number of anilines is 1. The molecule has 1 aliphatic carbocycles. The van der Waals surface area contributed by atoms with E-state index in [1.807, 2.05) is 27.7 Å². The zero-order valence-corrected chi connectivity index (χ0v) is 20.1. The Morgan fingerprint density at radius 1 is 1.24 bits per heavy atom. The summed E-state index contributed by atoms with van der Waals surface area (Å²) in [5, 5.41) is 2.51. The van der Waals surface area contributed by atoms with E-state index >= 15 is 0 Å². The zero-order valence-electron chi connectivity index (χ0n) is 20.1. The molecule has 1 saturated carbocycles. The average molecular weight is 409 g/mol. The molecule has 1 amide bonds. The van der Waals surface area contributed by atoms with Crippen molar-refractivity contribution in [3.63, 3.8) is 0 Å². The molecule has 29 heavy (non-hydrogen) atoms. The molecule has 0 bridgehead atoms. The lowest BCUT2D eigenvalue weighted by molar-refractivity contribution is 0.0967. The van der Waals surface area contributed by atoms with Gasteiger partial charge in [0.25, 0.3) is 5.91 Å². The van der Waals surface area contributed by atoms with Crippen LogP contribution in [0.1, 0.15) is 96.5 Å². The molecule has 168 valence electrons. The van der Waals surface area contributed by atoms with Gasteiger partial charge in [0.15, 0.2) is 0 Å². The van der Waals surface area contributed by atoms with Crippen LogP contribution in [-0.2, 0) is 6.42 Å². The first kappa shape index (κ1) is 29.2. The van der Waals surface area contributed by atoms with E-state index in [0.717, 1.165) is 5.92 Å². The van der Waals surface area contributed by atoms with Gasteiger partial charge < -0.3 is 14.6 Å². The summed E-state index contributed by atoms with van der Waals surface area (Å²) in [5.41, 5.74) is 0.611. The van der Waals surface area contributed by atoms with E-state index in [2.05, 4.69) is 32.7 Å².